The van der Waals surface area contributed by atoms with E-state index in [2.05, 4.69) is 15.6 Å². The Labute approximate surface area is 122 Å². The molecular formula is C15H18N4O2. The number of nitro benzene ring substituents is 1. The Morgan fingerprint density at radius 1 is 1.48 bits per heavy atom. The van der Waals surface area contributed by atoms with Gasteiger partial charge in [-0.25, -0.2) is 0 Å². The molecule has 1 aliphatic rings. The number of nitro groups is 1. The number of benzene rings is 1. The maximum absolute atomic E-state index is 10.9. The minimum Gasteiger partial charge on any atom is -0.384 e. The first-order valence-corrected chi connectivity index (χ1v) is 7.14. The molecule has 110 valence electrons. The fraction of sp³-hybridized carbons (Fsp3) is 0.400. The van der Waals surface area contributed by atoms with Crippen LogP contribution in [0.25, 0.3) is 10.9 Å². The summed E-state index contributed by atoms with van der Waals surface area (Å²) in [4.78, 5) is 15.0. The molecule has 2 heterocycles. The van der Waals surface area contributed by atoms with Crippen molar-refractivity contribution in [3.63, 3.8) is 0 Å². The molecule has 1 atom stereocenters. The van der Waals surface area contributed by atoms with Crippen LogP contribution < -0.4 is 10.6 Å². The molecule has 21 heavy (non-hydrogen) atoms. The van der Waals surface area contributed by atoms with E-state index in [1.54, 1.807) is 12.1 Å². The molecule has 0 amide bonds. The van der Waals surface area contributed by atoms with E-state index >= 15 is 0 Å². The lowest BCUT2D eigenvalue weighted by Crippen LogP contribution is -2.17. The average molecular weight is 286 g/mol. The van der Waals surface area contributed by atoms with Crippen LogP contribution in [0.15, 0.2) is 24.3 Å². The fourth-order valence-corrected chi connectivity index (χ4v) is 2.75. The maximum Gasteiger partial charge on any atom is 0.270 e. The van der Waals surface area contributed by atoms with E-state index in [-0.39, 0.29) is 10.6 Å². The van der Waals surface area contributed by atoms with E-state index in [4.69, 9.17) is 0 Å². The van der Waals surface area contributed by atoms with Crippen molar-refractivity contribution in [2.75, 3.05) is 25.0 Å². The molecule has 1 aromatic heterocycles. The zero-order chi connectivity index (χ0) is 14.8. The van der Waals surface area contributed by atoms with Crippen molar-refractivity contribution in [3.8, 4) is 0 Å². The summed E-state index contributed by atoms with van der Waals surface area (Å²) in [5.41, 5.74) is 2.71. The molecule has 6 heteroatoms. The van der Waals surface area contributed by atoms with Crippen molar-refractivity contribution in [2.45, 2.75) is 13.3 Å². The normalized spacial score (nSPS) is 18.0. The van der Waals surface area contributed by atoms with Crippen LogP contribution in [-0.4, -0.2) is 29.5 Å². The average Bonchev–Trinajstić information content (AvgIpc) is 2.97. The SMILES string of the molecule is Cc1cc(NCC2CCNC2)c2cc([N+](=O)[O-])ccc2n1. The molecule has 2 aromatic rings. The van der Waals surface area contributed by atoms with Crippen LogP contribution in [0.3, 0.4) is 0 Å². The molecule has 0 aliphatic carbocycles. The standard InChI is InChI=1S/C15H18N4O2/c1-10-6-15(17-9-11-4-5-16-8-11)13-7-12(19(20)21)2-3-14(13)18-10/h2-3,6-7,11,16H,4-5,8-9H2,1H3,(H,17,18). The zero-order valence-corrected chi connectivity index (χ0v) is 11.9. The van der Waals surface area contributed by atoms with Gasteiger partial charge in [0.15, 0.2) is 0 Å². The highest BCUT2D eigenvalue weighted by Gasteiger charge is 2.15. The third-order valence-electron chi connectivity index (χ3n) is 3.87. The van der Waals surface area contributed by atoms with Gasteiger partial charge in [0.1, 0.15) is 0 Å². The quantitative estimate of drug-likeness (QED) is 0.666. The van der Waals surface area contributed by atoms with Crippen LogP contribution in [0.2, 0.25) is 0 Å². The van der Waals surface area contributed by atoms with Gasteiger partial charge in [-0.05, 0) is 44.5 Å². The monoisotopic (exact) mass is 286 g/mol. The van der Waals surface area contributed by atoms with Gasteiger partial charge < -0.3 is 10.6 Å². The number of hydrogen-bond acceptors (Lipinski definition) is 5. The van der Waals surface area contributed by atoms with E-state index in [9.17, 15) is 10.1 Å². The van der Waals surface area contributed by atoms with Crippen LogP contribution >= 0.6 is 0 Å². The predicted molar refractivity (Wildman–Crippen MR) is 82.6 cm³/mol. The number of nitrogens with zero attached hydrogens (tertiary/aromatic N) is 2. The Morgan fingerprint density at radius 2 is 2.33 bits per heavy atom. The van der Waals surface area contributed by atoms with E-state index in [1.165, 1.54) is 6.07 Å². The number of anilines is 1. The number of fused-ring (bicyclic) bond motifs is 1. The molecular weight excluding hydrogens is 268 g/mol. The minimum atomic E-state index is -0.371. The number of nitrogens with one attached hydrogen (secondary N) is 2. The molecule has 1 aliphatic heterocycles. The third kappa shape index (κ3) is 2.95. The Kier molecular flexibility index (Phi) is 3.70. The van der Waals surface area contributed by atoms with Crippen LogP contribution in [0.5, 0.6) is 0 Å². The van der Waals surface area contributed by atoms with Gasteiger partial charge in [0.25, 0.3) is 5.69 Å². The Hall–Kier alpha value is -2.21. The molecule has 3 rings (SSSR count). The fourth-order valence-electron chi connectivity index (χ4n) is 2.75. The third-order valence-corrected chi connectivity index (χ3v) is 3.87. The second-order valence-corrected chi connectivity index (χ2v) is 5.51. The first-order valence-electron chi connectivity index (χ1n) is 7.14. The molecule has 2 N–H and O–H groups in total. The van der Waals surface area contributed by atoms with Gasteiger partial charge in [0.05, 0.1) is 10.4 Å². The summed E-state index contributed by atoms with van der Waals surface area (Å²) in [5.74, 6) is 0.604. The van der Waals surface area contributed by atoms with Crippen molar-refractivity contribution in [1.29, 1.82) is 0 Å². The summed E-state index contributed by atoms with van der Waals surface area (Å²) >= 11 is 0. The lowest BCUT2D eigenvalue weighted by atomic mass is 10.1. The maximum atomic E-state index is 10.9. The van der Waals surface area contributed by atoms with E-state index in [0.29, 0.717) is 5.92 Å². The van der Waals surface area contributed by atoms with Crippen LogP contribution in [0.4, 0.5) is 11.4 Å². The predicted octanol–water partition coefficient (Wildman–Crippen LogP) is 2.47. The van der Waals surface area contributed by atoms with Gasteiger partial charge in [0.2, 0.25) is 0 Å². The zero-order valence-electron chi connectivity index (χ0n) is 11.9. The number of pyridine rings is 1. The molecule has 0 bridgehead atoms. The molecule has 1 unspecified atom stereocenters. The second kappa shape index (κ2) is 5.65. The topological polar surface area (TPSA) is 80.1 Å². The number of aromatic nitrogens is 1. The summed E-state index contributed by atoms with van der Waals surface area (Å²) in [7, 11) is 0. The highest BCUT2D eigenvalue weighted by atomic mass is 16.6. The van der Waals surface area contributed by atoms with E-state index in [0.717, 1.165) is 48.3 Å². The number of rotatable bonds is 4. The molecule has 6 nitrogen and oxygen atoms in total. The van der Waals surface area contributed by atoms with Crippen molar-refractivity contribution in [1.82, 2.24) is 10.3 Å². The Morgan fingerprint density at radius 3 is 3.05 bits per heavy atom. The summed E-state index contributed by atoms with van der Waals surface area (Å²) in [6.07, 6.45) is 1.16. The number of non-ortho nitro benzene ring substituents is 1. The molecule has 0 spiro atoms. The van der Waals surface area contributed by atoms with Crippen molar-refractivity contribution in [2.24, 2.45) is 5.92 Å². The second-order valence-electron chi connectivity index (χ2n) is 5.51. The number of aryl methyl sites for hydroxylation is 1. The summed E-state index contributed by atoms with van der Waals surface area (Å²) in [5, 5.41) is 18.5. The smallest absolute Gasteiger partial charge is 0.270 e. The van der Waals surface area contributed by atoms with Gasteiger partial charge in [0, 0.05) is 35.4 Å². The lowest BCUT2D eigenvalue weighted by molar-refractivity contribution is -0.384. The van der Waals surface area contributed by atoms with Gasteiger partial charge in [-0.15, -0.1) is 0 Å². The van der Waals surface area contributed by atoms with Gasteiger partial charge in [-0.3, -0.25) is 15.1 Å². The summed E-state index contributed by atoms with van der Waals surface area (Å²) in [6, 6.07) is 6.76. The highest BCUT2D eigenvalue weighted by Crippen LogP contribution is 2.27. The Balaban J connectivity index is 1.94. The van der Waals surface area contributed by atoms with Gasteiger partial charge in [-0.1, -0.05) is 0 Å². The van der Waals surface area contributed by atoms with Crippen molar-refractivity contribution < 1.29 is 4.92 Å². The molecule has 0 saturated carbocycles. The number of hydrogen-bond donors (Lipinski definition) is 2. The molecule has 1 aromatic carbocycles. The van der Waals surface area contributed by atoms with Crippen LogP contribution in [0, 0.1) is 23.0 Å². The van der Waals surface area contributed by atoms with Gasteiger partial charge >= 0.3 is 0 Å². The van der Waals surface area contributed by atoms with E-state index in [1.807, 2.05) is 13.0 Å². The van der Waals surface area contributed by atoms with Crippen LogP contribution in [-0.2, 0) is 0 Å². The van der Waals surface area contributed by atoms with Crippen molar-refractivity contribution in [3.05, 3.63) is 40.1 Å². The lowest BCUT2D eigenvalue weighted by Gasteiger charge is -2.14. The largest absolute Gasteiger partial charge is 0.384 e. The molecule has 0 radical (unpaired) electrons. The van der Waals surface area contributed by atoms with E-state index < -0.39 is 0 Å². The summed E-state index contributed by atoms with van der Waals surface area (Å²) in [6.45, 7) is 4.89. The molecule has 1 saturated heterocycles. The van der Waals surface area contributed by atoms with Gasteiger partial charge in [-0.2, -0.15) is 0 Å². The first-order chi connectivity index (χ1) is 10.1. The Bertz CT molecular complexity index is 681. The first kappa shape index (κ1) is 13.8. The summed E-state index contributed by atoms with van der Waals surface area (Å²) < 4.78 is 0. The minimum absolute atomic E-state index is 0.0961. The van der Waals surface area contributed by atoms with Crippen molar-refractivity contribution >= 4 is 22.3 Å². The molecule has 1 fully saturated rings. The van der Waals surface area contributed by atoms with Crippen LogP contribution in [0.1, 0.15) is 12.1 Å². The highest BCUT2D eigenvalue weighted by molar-refractivity contribution is 5.93.